The molecule has 1 amide bonds. The molecule has 0 aliphatic carbocycles. The van der Waals surface area contributed by atoms with Crippen LogP contribution < -0.4 is 10.1 Å². The first-order valence-corrected chi connectivity index (χ1v) is 9.69. The fraction of sp³-hybridized carbons (Fsp3) is 0.364. The number of ether oxygens (including phenoxy) is 2. The third-order valence-corrected chi connectivity index (χ3v) is 4.81. The number of nitrogens with one attached hydrogen (secondary N) is 2. The van der Waals surface area contributed by atoms with Gasteiger partial charge in [-0.25, -0.2) is 4.98 Å². The van der Waals surface area contributed by atoms with Gasteiger partial charge in [0.1, 0.15) is 17.7 Å². The lowest BCUT2D eigenvalue weighted by Gasteiger charge is -2.09. The maximum atomic E-state index is 12.3. The first-order valence-electron chi connectivity index (χ1n) is 9.69. The number of imidazole rings is 1. The molecule has 146 valence electrons. The molecule has 0 saturated carbocycles. The maximum absolute atomic E-state index is 12.3. The van der Waals surface area contributed by atoms with Gasteiger partial charge in [0, 0.05) is 12.3 Å². The van der Waals surface area contributed by atoms with E-state index in [2.05, 4.69) is 21.4 Å². The van der Waals surface area contributed by atoms with Crippen molar-refractivity contribution in [3.8, 4) is 5.75 Å². The largest absolute Gasteiger partial charge is 0.493 e. The molecule has 2 N–H and O–H groups in total. The molecule has 0 spiro atoms. The summed E-state index contributed by atoms with van der Waals surface area (Å²) >= 11 is 0. The molecule has 1 aromatic heterocycles. The third kappa shape index (κ3) is 4.34. The number of hydrogen-bond acceptors (Lipinski definition) is 4. The van der Waals surface area contributed by atoms with Crippen LogP contribution in [0.4, 0.5) is 5.69 Å². The first kappa shape index (κ1) is 18.5. The predicted octanol–water partition coefficient (Wildman–Crippen LogP) is 4.44. The fourth-order valence-electron chi connectivity index (χ4n) is 3.55. The molecule has 1 atom stereocenters. The van der Waals surface area contributed by atoms with E-state index in [9.17, 15) is 4.79 Å². The number of aryl methyl sites for hydroxylation is 2. The summed E-state index contributed by atoms with van der Waals surface area (Å²) in [7, 11) is 0. The zero-order chi connectivity index (χ0) is 19.5. The Labute approximate surface area is 164 Å². The van der Waals surface area contributed by atoms with Crippen molar-refractivity contribution in [1.29, 1.82) is 0 Å². The second-order valence-electron chi connectivity index (χ2n) is 7.33. The normalized spacial score (nSPS) is 16.4. The van der Waals surface area contributed by atoms with Gasteiger partial charge < -0.3 is 19.8 Å². The van der Waals surface area contributed by atoms with Crippen molar-refractivity contribution in [2.75, 3.05) is 18.5 Å². The van der Waals surface area contributed by atoms with Crippen LogP contribution in [-0.4, -0.2) is 29.1 Å². The average Bonchev–Trinajstić information content (AvgIpc) is 3.30. The highest BCUT2D eigenvalue weighted by atomic mass is 16.5. The van der Waals surface area contributed by atoms with E-state index in [-0.39, 0.29) is 18.4 Å². The Morgan fingerprint density at radius 3 is 2.82 bits per heavy atom. The Balaban J connectivity index is 1.34. The third-order valence-electron chi connectivity index (χ3n) is 4.81. The van der Waals surface area contributed by atoms with Crippen molar-refractivity contribution in [2.24, 2.45) is 0 Å². The summed E-state index contributed by atoms with van der Waals surface area (Å²) < 4.78 is 11.4. The minimum Gasteiger partial charge on any atom is -0.493 e. The summed E-state index contributed by atoms with van der Waals surface area (Å²) in [6, 6.07) is 11.7. The Hall–Kier alpha value is -2.86. The summed E-state index contributed by atoms with van der Waals surface area (Å²) in [6.07, 6.45) is 2.39. The minimum absolute atomic E-state index is 0.0489. The molecule has 2 heterocycles. The zero-order valence-corrected chi connectivity index (χ0v) is 16.2. The van der Waals surface area contributed by atoms with Crippen LogP contribution in [0.3, 0.4) is 0 Å². The molecular weight excluding hydrogens is 354 g/mol. The number of H-pyrrole nitrogens is 1. The second kappa shape index (κ2) is 8.02. The molecule has 1 aliphatic heterocycles. The van der Waals surface area contributed by atoms with E-state index in [0.717, 1.165) is 58.9 Å². The van der Waals surface area contributed by atoms with Crippen molar-refractivity contribution in [1.82, 2.24) is 9.97 Å². The quantitative estimate of drug-likeness (QED) is 0.664. The molecule has 6 nitrogen and oxygen atoms in total. The van der Waals surface area contributed by atoms with Gasteiger partial charge in [0.05, 0.1) is 24.1 Å². The number of hydrogen-bond donors (Lipinski definition) is 2. The van der Waals surface area contributed by atoms with E-state index in [4.69, 9.17) is 9.47 Å². The first-order chi connectivity index (χ1) is 13.6. The van der Waals surface area contributed by atoms with Crippen molar-refractivity contribution in [3.63, 3.8) is 0 Å². The molecule has 1 saturated heterocycles. The number of carbonyl (C=O) groups excluding carboxylic acids is 1. The van der Waals surface area contributed by atoms with Crippen molar-refractivity contribution in [2.45, 2.75) is 39.2 Å². The molecule has 2 aromatic carbocycles. The van der Waals surface area contributed by atoms with Crippen molar-refractivity contribution < 1.29 is 14.3 Å². The van der Waals surface area contributed by atoms with Gasteiger partial charge in [-0.1, -0.05) is 6.07 Å². The van der Waals surface area contributed by atoms with E-state index in [1.807, 2.05) is 44.2 Å². The molecule has 1 aliphatic rings. The molecule has 3 aromatic rings. The lowest BCUT2D eigenvalue weighted by atomic mass is 10.1. The van der Waals surface area contributed by atoms with Crippen LogP contribution in [0.2, 0.25) is 0 Å². The molecular formula is C22H25N3O3. The van der Waals surface area contributed by atoms with Gasteiger partial charge in [0.25, 0.3) is 0 Å². The Bertz CT molecular complexity index is 970. The van der Waals surface area contributed by atoms with E-state index >= 15 is 0 Å². The van der Waals surface area contributed by atoms with Crippen LogP contribution in [-0.2, 0) is 9.53 Å². The minimum atomic E-state index is -0.0809. The van der Waals surface area contributed by atoms with Gasteiger partial charge in [0.15, 0.2) is 0 Å². The number of anilines is 1. The lowest BCUT2D eigenvalue weighted by molar-refractivity contribution is -0.116. The molecule has 4 rings (SSSR count). The Morgan fingerprint density at radius 1 is 1.25 bits per heavy atom. The number of aromatic nitrogens is 2. The number of benzene rings is 2. The van der Waals surface area contributed by atoms with Crippen LogP contribution >= 0.6 is 0 Å². The number of fused-ring (bicyclic) bond motifs is 1. The highest BCUT2D eigenvalue weighted by Crippen LogP contribution is 2.28. The van der Waals surface area contributed by atoms with Crippen LogP contribution in [0, 0.1) is 13.8 Å². The molecule has 1 unspecified atom stereocenters. The summed E-state index contributed by atoms with van der Waals surface area (Å²) in [5.74, 6) is 1.58. The van der Waals surface area contributed by atoms with Crippen LogP contribution in [0.5, 0.6) is 5.75 Å². The number of carbonyl (C=O) groups is 1. The van der Waals surface area contributed by atoms with Crippen LogP contribution in [0.15, 0.2) is 36.4 Å². The smallest absolute Gasteiger partial charge is 0.227 e. The molecule has 0 radical (unpaired) electrons. The van der Waals surface area contributed by atoms with E-state index in [1.54, 1.807) is 0 Å². The predicted molar refractivity (Wildman–Crippen MR) is 109 cm³/mol. The van der Waals surface area contributed by atoms with E-state index < -0.39 is 0 Å². The van der Waals surface area contributed by atoms with Crippen LogP contribution in [0.25, 0.3) is 11.0 Å². The number of amides is 1. The molecule has 0 bridgehead atoms. The topological polar surface area (TPSA) is 76.2 Å². The number of rotatable bonds is 6. The number of nitrogens with zero attached hydrogens (tertiary/aromatic N) is 1. The molecule has 6 heteroatoms. The zero-order valence-electron chi connectivity index (χ0n) is 16.2. The molecule has 28 heavy (non-hydrogen) atoms. The van der Waals surface area contributed by atoms with Gasteiger partial charge in [-0.15, -0.1) is 0 Å². The van der Waals surface area contributed by atoms with E-state index in [0.29, 0.717) is 6.61 Å². The summed E-state index contributed by atoms with van der Waals surface area (Å²) in [4.78, 5) is 20.2. The van der Waals surface area contributed by atoms with Gasteiger partial charge in [-0.2, -0.15) is 0 Å². The van der Waals surface area contributed by atoms with Gasteiger partial charge in [-0.05, 0) is 68.1 Å². The monoisotopic (exact) mass is 379 g/mol. The lowest BCUT2D eigenvalue weighted by Crippen LogP contribution is -2.15. The fourth-order valence-corrected chi connectivity index (χ4v) is 3.55. The Morgan fingerprint density at radius 2 is 2.07 bits per heavy atom. The van der Waals surface area contributed by atoms with Crippen molar-refractivity contribution >= 4 is 22.6 Å². The standard InChI is InChI=1S/C22H25N3O3/c1-14-10-15(2)12-17(11-14)27-9-7-21(26)23-16-5-6-18-19(13-16)25-22(24-18)20-4-3-8-28-20/h5-6,10-13,20H,3-4,7-9H2,1-2H3,(H,23,26)(H,24,25). The highest BCUT2D eigenvalue weighted by Gasteiger charge is 2.21. The van der Waals surface area contributed by atoms with Crippen LogP contribution in [0.1, 0.15) is 42.3 Å². The highest BCUT2D eigenvalue weighted by molar-refractivity contribution is 5.93. The number of aromatic amines is 1. The maximum Gasteiger partial charge on any atom is 0.227 e. The molecule has 1 fully saturated rings. The SMILES string of the molecule is Cc1cc(C)cc(OCCC(=O)Nc2ccc3nc(C4CCCO4)[nH]c3c2)c1. The average molecular weight is 379 g/mol. The van der Waals surface area contributed by atoms with Crippen molar-refractivity contribution in [3.05, 3.63) is 53.3 Å². The Kier molecular flexibility index (Phi) is 5.30. The van der Waals surface area contributed by atoms with Gasteiger partial charge >= 0.3 is 0 Å². The van der Waals surface area contributed by atoms with Gasteiger partial charge in [0.2, 0.25) is 5.91 Å². The second-order valence-corrected chi connectivity index (χ2v) is 7.33. The van der Waals surface area contributed by atoms with Gasteiger partial charge in [-0.3, -0.25) is 4.79 Å². The summed E-state index contributed by atoms with van der Waals surface area (Å²) in [5.41, 5.74) is 4.81. The summed E-state index contributed by atoms with van der Waals surface area (Å²) in [6.45, 7) is 5.18. The summed E-state index contributed by atoms with van der Waals surface area (Å²) in [5, 5.41) is 2.92. The van der Waals surface area contributed by atoms with E-state index in [1.165, 1.54) is 0 Å².